The first-order valence-electron chi connectivity index (χ1n) is 10.7. The molecular formula is C26H29NO5. The number of benzene rings is 3. The number of hydrogen-bond donors (Lipinski definition) is 1. The van der Waals surface area contributed by atoms with Gasteiger partial charge >= 0.3 is 0 Å². The van der Waals surface area contributed by atoms with Crippen LogP contribution in [-0.2, 0) is 6.54 Å². The number of ether oxygens (including phenoxy) is 5. The van der Waals surface area contributed by atoms with Crippen molar-refractivity contribution in [3.05, 3.63) is 77.4 Å². The van der Waals surface area contributed by atoms with Gasteiger partial charge in [0.05, 0.1) is 21.3 Å². The summed E-state index contributed by atoms with van der Waals surface area (Å²) in [4.78, 5) is 0. The van der Waals surface area contributed by atoms with Crippen LogP contribution in [0.2, 0.25) is 0 Å². The molecule has 0 radical (unpaired) electrons. The normalized spacial score (nSPS) is 13.0. The number of para-hydroxylation sites is 1. The summed E-state index contributed by atoms with van der Waals surface area (Å²) in [5.74, 6) is 4.09. The Kier molecular flexibility index (Phi) is 7.02. The first-order chi connectivity index (χ1) is 15.7. The van der Waals surface area contributed by atoms with Crippen molar-refractivity contribution in [1.82, 2.24) is 5.32 Å². The zero-order chi connectivity index (χ0) is 22.3. The van der Waals surface area contributed by atoms with Gasteiger partial charge in [0, 0.05) is 18.0 Å². The smallest absolute Gasteiger partial charge is 0.231 e. The third kappa shape index (κ3) is 4.75. The molecule has 1 aliphatic heterocycles. The summed E-state index contributed by atoms with van der Waals surface area (Å²) < 4.78 is 27.5. The zero-order valence-corrected chi connectivity index (χ0v) is 18.7. The first kappa shape index (κ1) is 21.8. The lowest BCUT2D eigenvalue weighted by Gasteiger charge is -2.21. The minimum atomic E-state index is 0.151. The Hall–Kier alpha value is -3.38. The van der Waals surface area contributed by atoms with Crippen LogP contribution in [-0.4, -0.2) is 34.7 Å². The van der Waals surface area contributed by atoms with Crippen molar-refractivity contribution in [2.24, 2.45) is 0 Å². The topological polar surface area (TPSA) is 58.2 Å². The van der Waals surface area contributed by atoms with Crippen LogP contribution in [0, 0.1) is 0 Å². The lowest BCUT2D eigenvalue weighted by atomic mass is 9.87. The fourth-order valence-electron chi connectivity index (χ4n) is 4.06. The predicted molar refractivity (Wildman–Crippen MR) is 123 cm³/mol. The van der Waals surface area contributed by atoms with Crippen LogP contribution in [0.15, 0.2) is 60.7 Å². The molecule has 6 nitrogen and oxygen atoms in total. The quantitative estimate of drug-likeness (QED) is 0.464. The van der Waals surface area contributed by atoms with Crippen LogP contribution in [0.1, 0.15) is 29.0 Å². The van der Waals surface area contributed by atoms with Crippen LogP contribution in [0.5, 0.6) is 28.7 Å². The molecule has 1 atom stereocenters. The Morgan fingerprint density at radius 3 is 2.41 bits per heavy atom. The minimum absolute atomic E-state index is 0.151. The average molecular weight is 436 g/mol. The van der Waals surface area contributed by atoms with Gasteiger partial charge in [0.25, 0.3) is 0 Å². The van der Waals surface area contributed by atoms with Crippen molar-refractivity contribution in [1.29, 1.82) is 0 Å². The second-order valence-corrected chi connectivity index (χ2v) is 7.56. The average Bonchev–Trinajstić information content (AvgIpc) is 3.32. The number of fused-ring (bicyclic) bond motifs is 1. The van der Waals surface area contributed by atoms with Crippen LogP contribution in [0.25, 0.3) is 0 Å². The highest BCUT2D eigenvalue weighted by Crippen LogP contribution is 2.39. The molecule has 1 N–H and O–H groups in total. The van der Waals surface area contributed by atoms with Gasteiger partial charge in [-0.05, 0) is 54.4 Å². The number of rotatable bonds is 10. The summed E-state index contributed by atoms with van der Waals surface area (Å²) in [6, 6.07) is 20.3. The summed E-state index contributed by atoms with van der Waals surface area (Å²) >= 11 is 0. The Morgan fingerprint density at radius 2 is 1.59 bits per heavy atom. The van der Waals surface area contributed by atoms with E-state index in [2.05, 4.69) is 29.6 Å². The van der Waals surface area contributed by atoms with E-state index in [9.17, 15) is 0 Å². The van der Waals surface area contributed by atoms with Crippen LogP contribution >= 0.6 is 0 Å². The fraction of sp³-hybridized carbons (Fsp3) is 0.308. The monoisotopic (exact) mass is 435 g/mol. The molecule has 4 rings (SSSR count). The standard InChI is InChI=1S/C26H29NO5/c1-28-22-7-5-4-6-21(22)20(19-9-11-24-26(15-19)32-17-31-24)12-13-27-16-18-8-10-23(29-2)25(14-18)30-3/h4-11,14-15,20,27H,12-13,16-17H2,1-3H3/t20-/m1/s1. The summed E-state index contributed by atoms with van der Waals surface area (Å²) in [5, 5.41) is 3.56. The van der Waals surface area contributed by atoms with Gasteiger partial charge < -0.3 is 29.0 Å². The molecule has 0 saturated heterocycles. The molecule has 3 aromatic carbocycles. The Labute approximate surface area is 189 Å². The molecule has 0 bridgehead atoms. The molecule has 0 aliphatic carbocycles. The zero-order valence-electron chi connectivity index (χ0n) is 18.7. The van der Waals surface area contributed by atoms with E-state index in [0.29, 0.717) is 0 Å². The van der Waals surface area contributed by atoms with Crippen molar-refractivity contribution >= 4 is 0 Å². The summed E-state index contributed by atoms with van der Waals surface area (Å²) in [6.07, 6.45) is 0.896. The van der Waals surface area contributed by atoms with E-state index in [-0.39, 0.29) is 12.7 Å². The van der Waals surface area contributed by atoms with Gasteiger partial charge in [-0.1, -0.05) is 30.3 Å². The summed E-state index contributed by atoms with van der Waals surface area (Å²) in [5.41, 5.74) is 3.47. The van der Waals surface area contributed by atoms with Gasteiger partial charge in [0.1, 0.15) is 5.75 Å². The SMILES string of the molecule is COc1ccc(CNCC[C@H](c2ccc3c(c2)OCO3)c2ccccc2OC)cc1OC. The fourth-order valence-corrected chi connectivity index (χ4v) is 4.06. The van der Waals surface area contributed by atoms with E-state index in [1.807, 2.05) is 36.4 Å². The molecule has 0 amide bonds. The maximum absolute atomic E-state index is 5.66. The number of methoxy groups -OCH3 is 3. The minimum Gasteiger partial charge on any atom is -0.496 e. The third-order valence-electron chi connectivity index (χ3n) is 5.70. The van der Waals surface area contributed by atoms with E-state index >= 15 is 0 Å². The Balaban J connectivity index is 1.49. The maximum Gasteiger partial charge on any atom is 0.231 e. The molecule has 32 heavy (non-hydrogen) atoms. The second kappa shape index (κ2) is 10.3. The molecule has 168 valence electrons. The van der Waals surface area contributed by atoms with Gasteiger partial charge in [-0.25, -0.2) is 0 Å². The highest BCUT2D eigenvalue weighted by Gasteiger charge is 2.21. The van der Waals surface area contributed by atoms with E-state index in [0.717, 1.165) is 59.4 Å². The van der Waals surface area contributed by atoms with Gasteiger partial charge in [0.2, 0.25) is 6.79 Å². The molecule has 1 heterocycles. The number of hydrogen-bond acceptors (Lipinski definition) is 6. The van der Waals surface area contributed by atoms with Crippen molar-refractivity contribution in [3.63, 3.8) is 0 Å². The Morgan fingerprint density at radius 1 is 0.812 bits per heavy atom. The molecule has 0 spiro atoms. The summed E-state index contributed by atoms with van der Waals surface area (Å²) in [7, 11) is 5.01. The van der Waals surface area contributed by atoms with Crippen molar-refractivity contribution in [3.8, 4) is 28.7 Å². The van der Waals surface area contributed by atoms with Crippen LogP contribution in [0.4, 0.5) is 0 Å². The molecule has 3 aromatic rings. The highest BCUT2D eigenvalue weighted by molar-refractivity contribution is 5.49. The lowest BCUT2D eigenvalue weighted by Crippen LogP contribution is -2.18. The van der Waals surface area contributed by atoms with E-state index in [1.54, 1.807) is 21.3 Å². The third-order valence-corrected chi connectivity index (χ3v) is 5.70. The molecular weight excluding hydrogens is 406 g/mol. The second-order valence-electron chi connectivity index (χ2n) is 7.56. The van der Waals surface area contributed by atoms with E-state index in [4.69, 9.17) is 23.7 Å². The first-order valence-corrected chi connectivity index (χ1v) is 10.7. The van der Waals surface area contributed by atoms with E-state index in [1.165, 1.54) is 5.56 Å². The van der Waals surface area contributed by atoms with Crippen molar-refractivity contribution in [2.75, 3.05) is 34.7 Å². The molecule has 0 unspecified atom stereocenters. The molecule has 0 aromatic heterocycles. The van der Waals surface area contributed by atoms with Gasteiger partial charge in [0.15, 0.2) is 23.0 Å². The van der Waals surface area contributed by atoms with Crippen molar-refractivity contribution in [2.45, 2.75) is 18.9 Å². The van der Waals surface area contributed by atoms with Gasteiger partial charge in [-0.3, -0.25) is 0 Å². The molecule has 1 aliphatic rings. The summed E-state index contributed by atoms with van der Waals surface area (Å²) in [6.45, 7) is 1.83. The predicted octanol–water partition coefficient (Wildman–Crippen LogP) is 4.75. The number of nitrogens with one attached hydrogen (secondary N) is 1. The van der Waals surface area contributed by atoms with Crippen LogP contribution in [0.3, 0.4) is 0 Å². The van der Waals surface area contributed by atoms with Crippen LogP contribution < -0.4 is 29.0 Å². The Bertz CT molecular complexity index is 1050. The maximum atomic E-state index is 5.66. The molecule has 0 saturated carbocycles. The lowest BCUT2D eigenvalue weighted by molar-refractivity contribution is 0.174. The van der Waals surface area contributed by atoms with Crippen molar-refractivity contribution < 1.29 is 23.7 Å². The molecule has 6 heteroatoms. The van der Waals surface area contributed by atoms with Gasteiger partial charge in [-0.2, -0.15) is 0 Å². The van der Waals surface area contributed by atoms with E-state index < -0.39 is 0 Å². The molecule has 0 fully saturated rings. The largest absolute Gasteiger partial charge is 0.496 e. The highest BCUT2D eigenvalue weighted by atomic mass is 16.7. The van der Waals surface area contributed by atoms with Gasteiger partial charge in [-0.15, -0.1) is 0 Å².